The third-order valence-corrected chi connectivity index (χ3v) is 5.66. The maximum atomic E-state index is 12.8. The van der Waals surface area contributed by atoms with Crippen molar-refractivity contribution in [3.63, 3.8) is 0 Å². The van der Waals surface area contributed by atoms with E-state index in [1.807, 2.05) is 17.2 Å². The van der Waals surface area contributed by atoms with Crippen LogP contribution in [0.4, 0.5) is 4.79 Å². The molecule has 2 saturated heterocycles. The first-order valence-corrected chi connectivity index (χ1v) is 9.34. The van der Waals surface area contributed by atoms with Crippen LogP contribution in [0, 0.1) is 6.92 Å². The number of nitrogens with one attached hydrogen (secondary N) is 1. The molecule has 0 saturated carbocycles. The molecule has 0 bridgehead atoms. The van der Waals surface area contributed by atoms with E-state index in [0.29, 0.717) is 19.8 Å². The lowest BCUT2D eigenvalue weighted by Crippen LogP contribution is -2.54. The monoisotopic (exact) mass is 338 g/mol. The molecule has 2 aliphatic heterocycles. The smallest absolute Gasteiger partial charge is 0.318 e. The summed E-state index contributed by atoms with van der Waals surface area (Å²) in [4.78, 5) is 21.6. The van der Waals surface area contributed by atoms with Gasteiger partial charge in [-0.3, -0.25) is 0 Å². The third kappa shape index (κ3) is 4.02. The van der Waals surface area contributed by atoms with Crippen LogP contribution >= 0.6 is 11.3 Å². The quantitative estimate of drug-likeness (QED) is 0.916. The standard InChI is InChI=1S/C16H26N4O2S/c1-3-19-6-4-5-13(9-19)18-16(21)20-7-8-22-10-14(20)15-17-12(2)11-23-15/h11,13-14H,3-10H2,1-2H3,(H,18,21). The molecule has 3 rings (SSSR count). The molecule has 0 aliphatic carbocycles. The summed E-state index contributed by atoms with van der Waals surface area (Å²) in [5.74, 6) is 0. The number of urea groups is 1. The Labute approximate surface area is 141 Å². The first-order valence-electron chi connectivity index (χ1n) is 8.46. The highest BCUT2D eigenvalue weighted by Gasteiger charge is 2.32. The molecule has 2 unspecified atom stereocenters. The molecule has 128 valence electrons. The number of carbonyl (C=O) groups excluding carboxylic acids is 1. The number of hydrogen-bond acceptors (Lipinski definition) is 5. The Hall–Kier alpha value is -1.18. The SMILES string of the molecule is CCN1CCCC(NC(=O)N2CCOCC2c2nc(C)cs2)C1. The maximum Gasteiger partial charge on any atom is 0.318 e. The largest absolute Gasteiger partial charge is 0.377 e. The highest BCUT2D eigenvalue weighted by molar-refractivity contribution is 7.09. The summed E-state index contributed by atoms with van der Waals surface area (Å²) in [6.45, 7) is 9.05. The summed E-state index contributed by atoms with van der Waals surface area (Å²) in [5, 5.41) is 6.22. The number of morpholine rings is 1. The van der Waals surface area contributed by atoms with Gasteiger partial charge in [-0.1, -0.05) is 6.92 Å². The first-order chi connectivity index (χ1) is 11.2. The minimum Gasteiger partial charge on any atom is -0.377 e. The summed E-state index contributed by atoms with van der Waals surface area (Å²) in [5.41, 5.74) is 1.00. The fourth-order valence-corrected chi connectivity index (χ4v) is 4.19. The number of likely N-dealkylation sites (N-methyl/N-ethyl adjacent to an activating group) is 1. The number of hydrogen-bond donors (Lipinski definition) is 1. The predicted octanol–water partition coefficient (Wildman–Crippen LogP) is 2.02. The number of amides is 2. The van der Waals surface area contributed by atoms with Gasteiger partial charge in [0.1, 0.15) is 11.0 Å². The molecule has 0 spiro atoms. The highest BCUT2D eigenvalue weighted by Crippen LogP contribution is 2.27. The zero-order chi connectivity index (χ0) is 16.2. The zero-order valence-corrected chi connectivity index (χ0v) is 14.8. The predicted molar refractivity (Wildman–Crippen MR) is 90.8 cm³/mol. The van der Waals surface area contributed by atoms with Gasteiger partial charge in [0, 0.05) is 30.2 Å². The van der Waals surface area contributed by atoms with E-state index in [2.05, 4.69) is 22.1 Å². The Morgan fingerprint density at radius 2 is 2.39 bits per heavy atom. The lowest BCUT2D eigenvalue weighted by Gasteiger charge is -2.37. The minimum atomic E-state index is -0.0617. The van der Waals surface area contributed by atoms with E-state index in [1.54, 1.807) is 11.3 Å². The molecule has 2 amide bonds. The van der Waals surface area contributed by atoms with Gasteiger partial charge in [-0.2, -0.15) is 0 Å². The normalized spacial score (nSPS) is 26.3. The molecule has 1 N–H and O–H groups in total. The van der Waals surface area contributed by atoms with Crippen LogP contribution in [0.3, 0.4) is 0 Å². The van der Waals surface area contributed by atoms with Crippen molar-refractivity contribution in [1.29, 1.82) is 0 Å². The van der Waals surface area contributed by atoms with Gasteiger partial charge in [0.05, 0.1) is 13.2 Å². The number of rotatable bonds is 3. The van der Waals surface area contributed by atoms with Crippen molar-refractivity contribution >= 4 is 17.4 Å². The number of ether oxygens (including phenoxy) is 1. The summed E-state index contributed by atoms with van der Waals surface area (Å²) < 4.78 is 5.59. The second-order valence-corrected chi connectivity index (χ2v) is 7.18. The van der Waals surface area contributed by atoms with Crippen molar-refractivity contribution in [1.82, 2.24) is 20.1 Å². The summed E-state index contributed by atoms with van der Waals surface area (Å²) in [6.07, 6.45) is 2.21. The Morgan fingerprint density at radius 1 is 1.52 bits per heavy atom. The molecule has 2 atom stereocenters. The van der Waals surface area contributed by atoms with Crippen LogP contribution in [0.15, 0.2) is 5.38 Å². The second-order valence-electron chi connectivity index (χ2n) is 6.29. The van der Waals surface area contributed by atoms with E-state index in [1.165, 1.54) is 0 Å². The third-order valence-electron chi connectivity index (χ3n) is 4.59. The Morgan fingerprint density at radius 3 is 3.13 bits per heavy atom. The van der Waals surface area contributed by atoms with Crippen LogP contribution in [-0.4, -0.2) is 66.2 Å². The van der Waals surface area contributed by atoms with Crippen molar-refractivity contribution in [2.24, 2.45) is 0 Å². The molecular formula is C16H26N4O2S. The molecule has 2 fully saturated rings. The van der Waals surface area contributed by atoms with Crippen LogP contribution in [0.25, 0.3) is 0 Å². The molecule has 1 aromatic rings. The lowest BCUT2D eigenvalue weighted by molar-refractivity contribution is 0.0103. The van der Waals surface area contributed by atoms with Crippen molar-refractivity contribution in [2.75, 3.05) is 39.4 Å². The number of aromatic nitrogens is 1. The van der Waals surface area contributed by atoms with Gasteiger partial charge in [0.2, 0.25) is 0 Å². The number of thiazole rings is 1. The van der Waals surface area contributed by atoms with E-state index in [0.717, 1.165) is 43.2 Å². The molecule has 1 aromatic heterocycles. The van der Waals surface area contributed by atoms with Crippen LogP contribution in [0.1, 0.15) is 36.5 Å². The van der Waals surface area contributed by atoms with Crippen LogP contribution in [0.2, 0.25) is 0 Å². The molecule has 7 heteroatoms. The average molecular weight is 338 g/mol. The molecule has 0 aromatic carbocycles. The number of nitrogens with zero attached hydrogens (tertiary/aromatic N) is 3. The van der Waals surface area contributed by atoms with Gasteiger partial charge in [-0.05, 0) is 32.9 Å². The number of piperidine rings is 1. The molecule has 2 aliphatic rings. The second kappa shape index (κ2) is 7.59. The highest BCUT2D eigenvalue weighted by atomic mass is 32.1. The van der Waals surface area contributed by atoms with Crippen molar-refractivity contribution < 1.29 is 9.53 Å². The number of likely N-dealkylation sites (tertiary alicyclic amines) is 1. The van der Waals surface area contributed by atoms with Crippen molar-refractivity contribution in [3.05, 3.63) is 16.1 Å². The van der Waals surface area contributed by atoms with E-state index in [-0.39, 0.29) is 18.1 Å². The van der Waals surface area contributed by atoms with E-state index < -0.39 is 0 Å². The lowest BCUT2D eigenvalue weighted by atomic mass is 10.1. The van der Waals surface area contributed by atoms with E-state index >= 15 is 0 Å². The summed E-state index contributed by atoms with van der Waals surface area (Å²) >= 11 is 1.61. The van der Waals surface area contributed by atoms with Crippen LogP contribution in [0.5, 0.6) is 0 Å². The van der Waals surface area contributed by atoms with Crippen LogP contribution < -0.4 is 5.32 Å². The van der Waals surface area contributed by atoms with Crippen LogP contribution in [-0.2, 0) is 4.74 Å². The fraction of sp³-hybridized carbons (Fsp3) is 0.750. The Balaban J connectivity index is 1.64. The molecule has 3 heterocycles. The summed E-state index contributed by atoms with van der Waals surface area (Å²) in [7, 11) is 0. The van der Waals surface area contributed by atoms with Gasteiger partial charge in [-0.15, -0.1) is 11.3 Å². The Bertz CT molecular complexity index is 536. The molecule has 23 heavy (non-hydrogen) atoms. The molecule has 6 nitrogen and oxygen atoms in total. The summed E-state index contributed by atoms with van der Waals surface area (Å²) in [6, 6.07) is 0.208. The Kier molecular flexibility index (Phi) is 5.50. The van der Waals surface area contributed by atoms with Gasteiger partial charge < -0.3 is 19.9 Å². The number of carbonyl (C=O) groups is 1. The van der Waals surface area contributed by atoms with Gasteiger partial charge in [-0.25, -0.2) is 9.78 Å². The van der Waals surface area contributed by atoms with Crippen molar-refractivity contribution in [2.45, 2.75) is 38.8 Å². The first kappa shape index (κ1) is 16.7. The molecular weight excluding hydrogens is 312 g/mol. The van der Waals surface area contributed by atoms with Gasteiger partial charge in [0.15, 0.2) is 0 Å². The van der Waals surface area contributed by atoms with Crippen molar-refractivity contribution in [3.8, 4) is 0 Å². The fourth-order valence-electron chi connectivity index (χ4n) is 3.29. The average Bonchev–Trinajstić information content (AvgIpc) is 3.01. The van der Waals surface area contributed by atoms with Gasteiger partial charge >= 0.3 is 6.03 Å². The van der Waals surface area contributed by atoms with Gasteiger partial charge in [0.25, 0.3) is 0 Å². The molecule has 0 radical (unpaired) electrons. The van der Waals surface area contributed by atoms with E-state index in [9.17, 15) is 4.79 Å². The van der Waals surface area contributed by atoms with E-state index in [4.69, 9.17) is 4.74 Å². The zero-order valence-electron chi connectivity index (χ0n) is 14.0. The number of aryl methyl sites for hydroxylation is 1. The minimum absolute atomic E-state index is 0.0223. The topological polar surface area (TPSA) is 57.7 Å². The maximum absolute atomic E-state index is 12.8.